The minimum Gasteiger partial charge on any atom is -0.275 e. The van der Waals surface area contributed by atoms with E-state index in [1.54, 1.807) is 30.1 Å². The predicted octanol–water partition coefficient (Wildman–Crippen LogP) is 4.48. The molecule has 0 radical (unpaired) electrons. The third-order valence-corrected chi connectivity index (χ3v) is 3.64. The van der Waals surface area contributed by atoms with Gasteiger partial charge in [-0.3, -0.25) is 4.68 Å². The summed E-state index contributed by atoms with van der Waals surface area (Å²) in [6.45, 7) is 1.41. The maximum absolute atomic E-state index is 13.7. The fraction of sp³-hybridized carbons (Fsp3) is 0.133. The Labute approximate surface area is 119 Å². The molecule has 2 nitrogen and oxygen atoms in total. The highest BCUT2D eigenvalue weighted by Crippen LogP contribution is 2.33. The molecule has 0 aliphatic carbocycles. The number of halogens is 3. The minimum atomic E-state index is -0.563. The molecule has 0 unspecified atom stereocenters. The molecular formula is C15H11ClF2N2. The molecule has 20 heavy (non-hydrogen) atoms. The van der Waals surface area contributed by atoms with Gasteiger partial charge in [0.25, 0.3) is 0 Å². The smallest absolute Gasteiger partial charge is 0.129 e. The largest absolute Gasteiger partial charge is 0.275 e. The van der Waals surface area contributed by atoms with Gasteiger partial charge in [-0.25, -0.2) is 8.78 Å². The van der Waals surface area contributed by atoms with Gasteiger partial charge in [-0.05, 0) is 36.2 Å². The lowest BCUT2D eigenvalue weighted by atomic mass is 10.0. The minimum absolute atomic E-state index is 0.0187. The van der Waals surface area contributed by atoms with Crippen molar-refractivity contribution in [1.82, 2.24) is 9.78 Å². The Morgan fingerprint density at radius 2 is 1.80 bits per heavy atom. The molecule has 3 rings (SSSR count). The maximum Gasteiger partial charge on any atom is 0.129 e. The highest BCUT2D eigenvalue weighted by atomic mass is 35.5. The summed E-state index contributed by atoms with van der Waals surface area (Å²) in [5.41, 5.74) is 1.81. The van der Waals surface area contributed by atoms with E-state index in [1.807, 2.05) is 0 Å². The number of rotatable bonds is 1. The van der Waals surface area contributed by atoms with Gasteiger partial charge in [-0.2, -0.15) is 5.10 Å². The first-order chi connectivity index (χ1) is 9.47. The summed E-state index contributed by atoms with van der Waals surface area (Å²) in [4.78, 5) is 0. The van der Waals surface area contributed by atoms with Crippen LogP contribution in [0.2, 0.25) is 5.02 Å². The van der Waals surface area contributed by atoms with Crippen LogP contribution in [0.5, 0.6) is 0 Å². The Morgan fingerprint density at radius 1 is 1.15 bits per heavy atom. The second-order valence-electron chi connectivity index (χ2n) is 4.72. The number of aryl methyl sites for hydroxylation is 1. The van der Waals surface area contributed by atoms with E-state index in [-0.39, 0.29) is 5.56 Å². The Balaban J connectivity index is 2.32. The zero-order valence-electron chi connectivity index (χ0n) is 10.9. The number of hydrogen-bond acceptors (Lipinski definition) is 1. The van der Waals surface area contributed by atoms with Crippen molar-refractivity contribution in [2.45, 2.75) is 6.92 Å². The number of benzene rings is 2. The van der Waals surface area contributed by atoms with E-state index in [2.05, 4.69) is 5.10 Å². The van der Waals surface area contributed by atoms with Gasteiger partial charge in [0, 0.05) is 24.2 Å². The fourth-order valence-electron chi connectivity index (χ4n) is 2.24. The molecule has 0 amide bonds. The van der Waals surface area contributed by atoms with Crippen LogP contribution in [0.1, 0.15) is 5.56 Å². The van der Waals surface area contributed by atoms with Gasteiger partial charge in [0.2, 0.25) is 0 Å². The average molecular weight is 293 g/mol. The van der Waals surface area contributed by atoms with Crippen molar-refractivity contribution < 1.29 is 8.78 Å². The standard InChI is InChI=1S/C15H11ClF2N2/c1-8-13(17)5-9(6-14(8)18)10-3-4-12(16)15-11(10)7-20(2)19-15/h3-7H,1-2H3. The molecule has 1 heterocycles. The van der Waals surface area contributed by atoms with Gasteiger partial charge in [-0.1, -0.05) is 17.7 Å². The lowest BCUT2D eigenvalue weighted by Crippen LogP contribution is -1.91. The van der Waals surface area contributed by atoms with Gasteiger partial charge in [0.1, 0.15) is 17.2 Å². The second kappa shape index (κ2) is 4.56. The van der Waals surface area contributed by atoms with Gasteiger partial charge < -0.3 is 0 Å². The number of hydrogen-bond donors (Lipinski definition) is 0. The summed E-state index contributed by atoms with van der Waals surface area (Å²) in [7, 11) is 1.77. The van der Waals surface area contributed by atoms with Gasteiger partial charge in [-0.15, -0.1) is 0 Å². The maximum atomic E-state index is 13.7. The van der Waals surface area contributed by atoms with Crippen molar-refractivity contribution in [2.75, 3.05) is 0 Å². The van der Waals surface area contributed by atoms with Crippen LogP contribution in [0.4, 0.5) is 8.78 Å². The van der Waals surface area contributed by atoms with Crippen LogP contribution < -0.4 is 0 Å². The van der Waals surface area contributed by atoms with Gasteiger partial charge in [0.15, 0.2) is 0 Å². The monoisotopic (exact) mass is 292 g/mol. The van der Waals surface area contributed by atoms with E-state index in [1.165, 1.54) is 19.1 Å². The molecule has 5 heteroatoms. The summed E-state index contributed by atoms with van der Waals surface area (Å²) in [6, 6.07) is 6.08. The van der Waals surface area contributed by atoms with Crippen LogP contribution in [0.3, 0.4) is 0 Å². The van der Waals surface area contributed by atoms with Crippen molar-refractivity contribution >= 4 is 22.5 Å². The molecule has 0 N–H and O–H groups in total. The van der Waals surface area contributed by atoms with Crippen LogP contribution in [0.15, 0.2) is 30.5 Å². The first-order valence-electron chi connectivity index (χ1n) is 6.05. The summed E-state index contributed by atoms with van der Waals surface area (Å²) in [6.07, 6.45) is 1.78. The van der Waals surface area contributed by atoms with Crippen molar-refractivity contribution in [1.29, 1.82) is 0 Å². The summed E-state index contributed by atoms with van der Waals surface area (Å²) < 4.78 is 29.1. The molecule has 0 saturated heterocycles. The molecule has 0 aliphatic heterocycles. The van der Waals surface area contributed by atoms with Crippen molar-refractivity contribution in [3.63, 3.8) is 0 Å². The quantitative estimate of drug-likeness (QED) is 0.646. The van der Waals surface area contributed by atoms with Gasteiger partial charge in [0.05, 0.1) is 5.02 Å². The van der Waals surface area contributed by atoms with Crippen molar-refractivity contribution in [3.05, 3.63) is 52.7 Å². The summed E-state index contributed by atoms with van der Waals surface area (Å²) in [5.74, 6) is -1.13. The zero-order chi connectivity index (χ0) is 14.4. The van der Waals surface area contributed by atoms with Crippen molar-refractivity contribution in [2.24, 2.45) is 7.05 Å². The lowest BCUT2D eigenvalue weighted by Gasteiger charge is -2.07. The first kappa shape index (κ1) is 13.1. The molecule has 0 bridgehead atoms. The Morgan fingerprint density at radius 3 is 2.45 bits per heavy atom. The molecule has 0 aliphatic rings. The average Bonchev–Trinajstić information content (AvgIpc) is 2.78. The predicted molar refractivity (Wildman–Crippen MR) is 75.8 cm³/mol. The van der Waals surface area contributed by atoms with E-state index in [4.69, 9.17) is 11.6 Å². The Hall–Kier alpha value is -1.94. The lowest BCUT2D eigenvalue weighted by molar-refractivity contribution is 0.569. The molecule has 3 aromatic rings. The topological polar surface area (TPSA) is 17.8 Å². The van der Waals surface area contributed by atoms with Crippen LogP contribution in [-0.4, -0.2) is 9.78 Å². The van der Waals surface area contributed by atoms with Gasteiger partial charge >= 0.3 is 0 Å². The normalized spacial score (nSPS) is 11.2. The number of fused-ring (bicyclic) bond motifs is 1. The molecule has 0 fully saturated rings. The Bertz CT molecular complexity index is 801. The van der Waals surface area contributed by atoms with E-state index < -0.39 is 11.6 Å². The first-order valence-corrected chi connectivity index (χ1v) is 6.43. The SMILES string of the molecule is Cc1c(F)cc(-c2ccc(Cl)c3nn(C)cc23)cc1F. The molecule has 0 saturated carbocycles. The van der Waals surface area contributed by atoms with Crippen LogP contribution >= 0.6 is 11.6 Å². The molecular weight excluding hydrogens is 282 g/mol. The highest BCUT2D eigenvalue weighted by Gasteiger charge is 2.13. The van der Waals surface area contributed by atoms with E-state index >= 15 is 0 Å². The van der Waals surface area contributed by atoms with E-state index in [0.717, 1.165) is 5.39 Å². The number of aromatic nitrogens is 2. The second-order valence-corrected chi connectivity index (χ2v) is 5.13. The third-order valence-electron chi connectivity index (χ3n) is 3.33. The van der Waals surface area contributed by atoms with E-state index in [9.17, 15) is 8.78 Å². The van der Waals surface area contributed by atoms with Crippen molar-refractivity contribution in [3.8, 4) is 11.1 Å². The third kappa shape index (κ3) is 1.96. The summed E-state index contributed by atoms with van der Waals surface area (Å²) >= 11 is 6.09. The molecule has 2 aromatic carbocycles. The Kier molecular flexibility index (Phi) is 2.98. The molecule has 1 aromatic heterocycles. The fourth-order valence-corrected chi connectivity index (χ4v) is 2.44. The zero-order valence-corrected chi connectivity index (χ0v) is 11.7. The number of nitrogens with zero attached hydrogens (tertiary/aromatic N) is 2. The van der Waals surface area contributed by atoms with Crippen LogP contribution in [0, 0.1) is 18.6 Å². The highest BCUT2D eigenvalue weighted by molar-refractivity contribution is 6.35. The van der Waals surface area contributed by atoms with E-state index in [0.29, 0.717) is 21.7 Å². The van der Waals surface area contributed by atoms with Crippen LogP contribution in [0.25, 0.3) is 22.0 Å². The molecule has 102 valence electrons. The summed E-state index contributed by atoms with van der Waals surface area (Å²) in [5, 5.41) is 5.54. The van der Waals surface area contributed by atoms with Crippen LogP contribution in [-0.2, 0) is 7.05 Å². The molecule has 0 atom stereocenters. The molecule has 0 spiro atoms.